The number of piperidine rings is 1. The summed E-state index contributed by atoms with van der Waals surface area (Å²) in [5.41, 5.74) is 2.41. The molecule has 2 amide bonds. The highest BCUT2D eigenvalue weighted by Crippen LogP contribution is 2.45. The van der Waals surface area contributed by atoms with Gasteiger partial charge in [0.05, 0.1) is 9.88 Å². The smallest absolute Gasteiger partial charge is 0.274 e. The van der Waals surface area contributed by atoms with E-state index < -0.39 is 0 Å². The quantitative estimate of drug-likeness (QED) is 0.506. The molecule has 2 fully saturated rings. The molecule has 1 saturated heterocycles. The number of hydrogen-bond donors (Lipinski definition) is 1. The molecule has 1 N–H and O–H groups in total. The van der Waals surface area contributed by atoms with Gasteiger partial charge in [0.25, 0.3) is 11.8 Å². The number of benzene rings is 2. The maximum atomic E-state index is 14.7. The highest BCUT2D eigenvalue weighted by Gasteiger charge is 2.35. The van der Waals surface area contributed by atoms with Gasteiger partial charge in [-0.15, -0.1) is 11.3 Å². The van der Waals surface area contributed by atoms with Crippen molar-refractivity contribution >= 4 is 23.2 Å². The Balaban J connectivity index is 1.38. The fraction of sp³-hybridized carbons (Fsp3) is 0.370. The first kappa shape index (κ1) is 22.7. The number of aromatic nitrogens is 1. The van der Waals surface area contributed by atoms with Crippen LogP contribution in [0.4, 0.5) is 4.39 Å². The van der Waals surface area contributed by atoms with Crippen LogP contribution in [0, 0.1) is 12.7 Å². The number of nitrogens with one attached hydrogen (secondary N) is 1. The highest BCUT2D eigenvalue weighted by atomic mass is 32.1. The van der Waals surface area contributed by atoms with Crippen molar-refractivity contribution in [2.45, 2.75) is 51.0 Å². The summed E-state index contributed by atoms with van der Waals surface area (Å²) in [6, 6.07) is 13.9. The van der Waals surface area contributed by atoms with Gasteiger partial charge in [-0.1, -0.05) is 35.9 Å². The van der Waals surface area contributed by atoms with Crippen LogP contribution in [0.5, 0.6) is 0 Å². The van der Waals surface area contributed by atoms with E-state index in [0.29, 0.717) is 40.7 Å². The molecule has 1 aliphatic heterocycles. The van der Waals surface area contributed by atoms with Crippen LogP contribution in [0.3, 0.4) is 0 Å². The molecular formula is C27H28FN3O2S. The number of rotatable bonds is 6. The van der Waals surface area contributed by atoms with E-state index in [2.05, 4.69) is 5.32 Å². The van der Waals surface area contributed by atoms with Gasteiger partial charge in [0.2, 0.25) is 0 Å². The number of likely N-dealkylation sites (tertiary alicyclic amines) is 1. The van der Waals surface area contributed by atoms with Crippen LogP contribution in [-0.4, -0.2) is 40.8 Å². The van der Waals surface area contributed by atoms with Crippen molar-refractivity contribution in [2.75, 3.05) is 13.1 Å². The Morgan fingerprint density at radius 3 is 2.71 bits per heavy atom. The molecule has 0 bridgehead atoms. The average Bonchev–Trinajstić information content (AvgIpc) is 3.61. The van der Waals surface area contributed by atoms with E-state index in [1.807, 2.05) is 30.0 Å². The lowest BCUT2D eigenvalue weighted by Crippen LogP contribution is -2.49. The van der Waals surface area contributed by atoms with E-state index in [1.165, 1.54) is 17.4 Å². The predicted octanol–water partition coefficient (Wildman–Crippen LogP) is 5.56. The first-order valence-corrected chi connectivity index (χ1v) is 12.7. The monoisotopic (exact) mass is 477 g/mol. The molecule has 0 radical (unpaired) electrons. The van der Waals surface area contributed by atoms with Crippen LogP contribution >= 0.6 is 11.3 Å². The van der Waals surface area contributed by atoms with Crippen molar-refractivity contribution in [3.8, 4) is 10.4 Å². The highest BCUT2D eigenvalue weighted by molar-refractivity contribution is 7.15. The van der Waals surface area contributed by atoms with Crippen LogP contribution < -0.4 is 5.32 Å². The van der Waals surface area contributed by atoms with Gasteiger partial charge in [-0.3, -0.25) is 9.59 Å². The maximum absolute atomic E-state index is 14.7. The maximum Gasteiger partial charge on any atom is 0.274 e. The van der Waals surface area contributed by atoms with Gasteiger partial charge < -0.3 is 10.2 Å². The van der Waals surface area contributed by atoms with Gasteiger partial charge in [-0.25, -0.2) is 9.37 Å². The average molecular weight is 478 g/mol. The number of carbonyl (C=O) groups excluding carboxylic acids is 2. The standard InChI is InChI=1S/C27H28FN3O2S/c1-17-7-6-8-19(15-17)25(32)29-16-20-9-4-5-14-31(20)27(33)23-24(21-10-2-3-11-22(21)28)34-26(30-23)18-12-13-18/h2-3,6-8,10-11,15,18,20H,4-5,9,12-14,16H2,1H3,(H,29,32). The molecule has 3 aromatic rings. The lowest BCUT2D eigenvalue weighted by molar-refractivity contribution is 0.0598. The molecule has 2 aromatic carbocycles. The van der Waals surface area contributed by atoms with Gasteiger partial charge in [-0.2, -0.15) is 0 Å². The molecule has 7 heteroatoms. The molecule has 5 nitrogen and oxygen atoms in total. The van der Waals surface area contributed by atoms with E-state index in [1.54, 1.807) is 24.3 Å². The van der Waals surface area contributed by atoms with Crippen LogP contribution in [0.25, 0.3) is 10.4 Å². The van der Waals surface area contributed by atoms with Crippen molar-refractivity contribution < 1.29 is 14.0 Å². The van der Waals surface area contributed by atoms with Gasteiger partial charge in [0, 0.05) is 36.2 Å². The fourth-order valence-corrected chi connectivity index (χ4v) is 5.78. The van der Waals surface area contributed by atoms with Crippen LogP contribution in [-0.2, 0) is 0 Å². The van der Waals surface area contributed by atoms with Gasteiger partial charge in [0.1, 0.15) is 11.5 Å². The topological polar surface area (TPSA) is 62.3 Å². The van der Waals surface area contributed by atoms with E-state index in [9.17, 15) is 14.0 Å². The predicted molar refractivity (Wildman–Crippen MR) is 132 cm³/mol. The zero-order valence-corrected chi connectivity index (χ0v) is 20.0. The molecule has 1 atom stereocenters. The van der Waals surface area contributed by atoms with Crippen LogP contribution in [0.1, 0.15) is 69.4 Å². The number of carbonyl (C=O) groups is 2. The fourth-order valence-electron chi connectivity index (χ4n) is 4.53. The minimum absolute atomic E-state index is 0.116. The SMILES string of the molecule is Cc1cccc(C(=O)NCC2CCCCN2C(=O)c2nc(C3CC3)sc2-c2ccccc2F)c1. The number of nitrogens with zero attached hydrogens (tertiary/aromatic N) is 2. The van der Waals surface area contributed by atoms with E-state index in [4.69, 9.17) is 4.98 Å². The summed E-state index contributed by atoms with van der Waals surface area (Å²) in [6.07, 6.45) is 4.85. The first-order chi connectivity index (χ1) is 16.5. The third-order valence-electron chi connectivity index (χ3n) is 6.56. The second-order valence-electron chi connectivity index (χ2n) is 9.21. The Labute approximate surface area is 203 Å². The minimum atomic E-state index is -0.344. The molecule has 34 heavy (non-hydrogen) atoms. The van der Waals surface area contributed by atoms with Crippen molar-refractivity contribution in [1.29, 1.82) is 0 Å². The largest absolute Gasteiger partial charge is 0.350 e. The number of aryl methyl sites for hydroxylation is 1. The Morgan fingerprint density at radius 2 is 1.94 bits per heavy atom. The molecule has 1 aromatic heterocycles. The van der Waals surface area contributed by atoms with Crippen LogP contribution in [0.15, 0.2) is 48.5 Å². The summed E-state index contributed by atoms with van der Waals surface area (Å²) in [5, 5.41) is 3.93. The van der Waals surface area contributed by atoms with Crippen molar-refractivity contribution in [3.05, 3.63) is 76.2 Å². The summed E-state index contributed by atoms with van der Waals surface area (Å²) in [6.45, 7) is 2.94. The molecule has 2 aliphatic rings. The first-order valence-electron chi connectivity index (χ1n) is 11.9. The zero-order chi connectivity index (χ0) is 23.7. The van der Waals surface area contributed by atoms with Crippen molar-refractivity contribution in [2.24, 2.45) is 0 Å². The Kier molecular flexibility index (Phi) is 6.46. The second kappa shape index (κ2) is 9.66. The third-order valence-corrected chi connectivity index (χ3v) is 7.81. The summed E-state index contributed by atoms with van der Waals surface area (Å²) in [7, 11) is 0. The molecule has 2 heterocycles. The second-order valence-corrected chi connectivity index (χ2v) is 10.2. The molecule has 5 rings (SSSR count). The molecule has 176 valence electrons. The lowest BCUT2D eigenvalue weighted by Gasteiger charge is -2.35. The van der Waals surface area contributed by atoms with E-state index in [-0.39, 0.29) is 23.7 Å². The lowest BCUT2D eigenvalue weighted by atomic mass is 10.0. The van der Waals surface area contributed by atoms with E-state index in [0.717, 1.165) is 42.7 Å². The van der Waals surface area contributed by atoms with Gasteiger partial charge >= 0.3 is 0 Å². The molecule has 0 spiro atoms. The molecular weight excluding hydrogens is 449 g/mol. The van der Waals surface area contributed by atoms with Gasteiger partial charge in [0.15, 0.2) is 0 Å². The normalized spacial score (nSPS) is 18.1. The van der Waals surface area contributed by atoms with E-state index >= 15 is 0 Å². The Hall–Kier alpha value is -3.06. The summed E-state index contributed by atoms with van der Waals surface area (Å²) >= 11 is 1.44. The summed E-state index contributed by atoms with van der Waals surface area (Å²) < 4.78 is 14.7. The number of amides is 2. The van der Waals surface area contributed by atoms with Crippen LogP contribution in [0.2, 0.25) is 0 Å². The molecule has 1 saturated carbocycles. The van der Waals surface area contributed by atoms with Gasteiger partial charge in [-0.05, 0) is 57.2 Å². The number of hydrogen-bond acceptors (Lipinski definition) is 4. The summed E-state index contributed by atoms with van der Waals surface area (Å²) in [5.74, 6) is -0.277. The van der Waals surface area contributed by atoms with Crippen molar-refractivity contribution in [1.82, 2.24) is 15.2 Å². The molecule has 1 unspecified atom stereocenters. The zero-order valence-electron chi connectivity index (χ0n) is 19.2. The Bertz CT molecular complexity index is 1220. The minimum Gasteiger partial charge on any atom is -0.350 e. The third kappa shape index (κ3) is 4.75. The number of halogens is 1. The Morgan fingerprint density at radius 1 is 1.12 bits per heavy atom. The molecule has 1 aliphatic carbocycles. The van der Waals surface area contributed by atoms with Crippen molar-refractivity contribution in [3.63, 3.8) is 0 Å². The number of thiazole rings is 1. The summed E-state index contributed by atoms with van der Waals surface area (Å²) in [4.78, 5) is 33.6.